The monoisotopic (exact) mass is 208 g/mol. The Balaban J connectivity index is 0. The van der Waals surface area contributed by atoms with Crippen LogP contribution in [-0.4, -0.2) is 12.1 Å². The number of carbonyl (C=O) groups is 1. The third-order valence-corrected chi connectivity index (χ3v) is 0.402. The zero-order valence-electron chi connectivity index (χ0n) is 5.21. The molecular weight excluding hydrogens is 198 g/mol. The van der Waals surface area contributed by atoms with Crippen LogP contribution in [-0.2, 0) is 30.0 Å². The van der Waals surface area contributed by atoms with E-state index >= 15 is 0 Å². The molecule has 0 saturated carbocycles. The van der Waals surface area contributed by atoms with Gasteiger partial charge in [-0.3, -0.25) is 4.79 Å². The SMILES string of the molecule is CC(C)(C)OC=O.[Pd]. The van der Waals surface area contributed by atoms with Crippen molar-refractivity contribution in [2.45, 2.75) is 26.4 Å². The number of rotatable bonds is 1. The van der Waals surface area contributed by atoms with E-state index in [1.54, 1.807) is 0 Å². The molecule has 0 saturated heterocycles. The Morgan fingerprint density at radius 3 is 1.75 bits per heavy atom. The van der Waals surface area contributed by atoms with Crippen LogP contribution in [0.1, 0.15) is 20.8 Å². The number of hydrogen-bond donors (Lipinski definition) is 0. The fraction of sp³-hybridized carbons (Fsp3) is 0.800. The van der Waals surface area contributed by atoms with Crippen LogP contribution in [0.3, 0.4) is 0 Å². The summed E-state index contributed by atoms with van der Waals surface area (Å²) >= 11 is 0. The van der Waals surface area contributed by atoms with Crippen molar-refractivity contribution in [3.8, 4) is 0 Å². The summed E-state index contributed by atoms with van der Waals surface area (Å²) in [5.41, 5.74) is -0.318. The van der Waals surface area contributed by atoms with E-state index in [-0.39, 0.29) is 26.0 Å². The second-order valence-corrected chi connectivity index (χ2v) is 2.33. The van der Waals surface area contributed by atoms with Gasteiger partial charge in [0.05, 0.1) is 0 Å². The minimum Gasteiger partial charge on any atom is -0.462 e. The van der Waals surface area contributed by atoms with E-state index < -0.39 is 0 Å². The topological polar surface area (TPSA) is 26.3 Å². The fourth-order valence-electron chi connectivity index (χ4n) is 0.144. The van der Waals surface area contributed by atoms with Gasteiger partial charge in [0.25, 0.3) is 6.47 Å². The van der Waals surface area contributed by atoms with Gasteiger partial charge in [-0.15, -0.1) is 0 Å². The van der Waals surface area contributed by atoms with Gasteiger partial charge in [0.1, 0.15) is 5.60 Å². The molecule has 0 fully saturated rings. The summed E-state index contributed by atoms with van der Waals surface area (Å²) in [6.07, 6.45) is 0. The van der Waals surface area contributed by atoms with E-state index in [9.17, 15) is 4.79 Å². The van der Waals surface area contributed by atoms with Crippen molar-refractivity contribution in [2.75, 3.05) is 0 Å². The molecule has 0 bridgehead atoms. The van der Waals surface area contributed by atoms with E-state index in [2.05, 4.69) is 4.74 Å². The summed E-state index contributed by atoms with van der Waals surface area (Å²) in [6, 6.07) is 0. The molecule has 0 rings (SSSR count). The van der Waals surface area contributed by atoms with Gasteiger partial charge in [-0.1, -0.05) is 0 Å². The van der Waals surface area contributed by atoms with E-state index in [1.165, 1.54) is 0 Å². The minimum absolute atomic E-state index is 0. The van der Waals surface area contributed by atoms with Crippen LogP contribution in [0.2, 0.25) is 0 Å². The summed E-state index contributed by atoms with van der Waals surface area (Å²) in [7, 11) is 0. The van der Waals surface area contributed by atoms with Crippen molar-refractivity contribution in [3.63, 3.8) is 0 Å². The van der Waals surface area contributed by atoms with Crippen molar-refractivity contribution < 1.29 is 30.0 Å². The molecule has 0 spiro atoms. The van der Waals surface area contributed by atoms with Crippen LogP contribution >= 0.6 is 0 Å². The summed E-state index contributed by atoms with van der Waals surface area (Å²) in [4.78, 5) is 9.60. The molecule has 0 amide bonds. The van der Waals surface area contributed by atoms with Gasteiger partial charge in [-0.2, -0.15) is 0 Å². The fourth-order valence-corrected chi connectivity index (χ4v) is 0.144. The normalized spacial score (nSPS) is 9.38. The predicted molar refractivity (Wildman–Crippen MR) is 26.9 cm³/mol. The molecule has 0 aliphatic carbocycles. The Kier molecular flexibility index (Phi) is 5.58. The van der Waals surface area contributed by atoms with Crippen molar-refractivity contribution in [3.05, 3.63) is 0 Å². The third-order valence-electron chi connectivity index (χ3n) is 0.402. The van der Waals surface area contributed by atoms with Crippen molar-refractivity contribution in [2.24, 2.45) is 0 Å². The Labute approximate surface area is 63.3 Å². The largest absolute Gasteiger partial charge is 0.462 e. The molecule has 0 aromatic heterocycles. The molecule has 8 heavy (non-hydrogen) atoms. The molecule has 2 nitrogen and oxygen atoms in total. The predicted octanol–water partition coefficient (Wildman–Crippen LogP) is 0.955. The molecule has 0 unspecified atom stereocenters. The second kappa shape index (κ2) is 4.06. The number of ether oxygens (including phenoxy) is 1. The van der Waals surface area contributed by atoms with E-state index in [4.69, 9.17) is 0 Å². The van der Waals surface area contributed by atoms with E-state index in [1.807, 2.05) is 20.8 Å². The minimum atomic E-state index is -0.318. The van der Waals surface area contributed by atoms with Gasteiger partial charge in [-0.25, -0.2) is 0 Å². The van der Waals surface area contributed by atoms with Gasteiger partial charge >= 0.3 is 0 Å². The van der Waals surface area contributed by atoms with Crippen LogP contribution in [0.4, 0.5) is 0 Å². The van der Waals surface area contributed by atoms with Gasteiger partial charge < -0.3 is 4.74 Å². The first-order valence-corrected chi connectivity index (χ1v) is 2.18. The maximum absolute atomic E-state index is 9.60. The molecule has 0 aromatic rings. The van der Waals surface area contributed by atoms with E-state index in [0.717, 1.165) is 0 Å². The summed E-state index contributed by atoms with van der Waals surface area (Å²) in [5, 5.41) is 0. The first kappa shape index (κ1) is 11.0. The Bertz CT molecular complexity index is 65.3. The maximum Gasteiger partial charge on any atom is 0.293 e. The van der Waals surface area contributed by atoms with Gasteiger partial charge in [0.2, 0.25) is 0 Å². The number of carbonyl (C=O) groups excluding carboxylic acids is 1. The van der Waals surface area contributed by atoms with Crippen LogP contribution < -0.4 is 0 Å². The van der Waals surface area contributed by atoms with Crippen molar-refractivity contribution >= 4 is 6.47 Å². The molecule has 0 N–H and O–H groups in total. The quantitative estimate of drug-likeness (QED) is 0.474. The smallest absolute Gasteiger partial charge is 0.293 e. The zero-order valence-corrected chi connectivity index (χ0v) is 6.76. The Hall–Kier alpha value is 0.132. The van der Waals surface area contributed by atoms with Crippen LogP contribution in [0.15, 0.2) is 0 Å². The molecule has 0 aromatic carbocycles. The van der Waals surface area contributed by atoms with Crippen LogP contribution in [0.5, 0.6) is 0 Å². The summed E-state index contributed by atoms with van der Waals surface area (Å²) in [6.45, 7) is 5.92. The Morgan fingerprint density at radius 1 is 1.38 bits per heavy atom. The van der Waals surface area contributed by atoms with Gasteiger partial charge in [-0.05, 0) is 20.8 Å². The second-order valence-electron chi connectivity index (χ2n) is 2.33. The molecular formula is C5H10O2Pd. The molecule has 0 aliphatic rings. The standard InChI is InChI=1S/C5H10O2.Pd/c1-5(2,3)7-4-6;/h4H,1-3H3;. The van der Waals surface area contributed by atoms with E-state index in [0.29, 0.717) is 6.47 Å². The summed E-state index contributed by atoms with van der Waals surface area (Å²) < 4.78 is 4.55. The third kappa shape index (κ3) is 9.46. The zero-order chi connectivity index (χ0) is 5.91. The van der Waals surface area contributed by atoms with Crippen LogP contribution in [0, 0.1) is 0 Å². The Morgan fingerprint density at radius 2 is 1.75 bits per heavy atom. The van der Waals surface area contributed by atoms with Gasteiger partial charge in [0.15, 0.2) is 0 Å². The average Bonchev–Trinajstić information content (AvgIpc) is 1.30. The van der Waals surface area contributed by atoms with Crippen LogP contribution in [0.25, 0.3) is 0 Å². The average molecular weight is 209 g/mol. The molecule has 0 aliphatic heterocycles. The molecule has 0 atom stereocenters. The maximum atomic E-state index is 9.60. The number of hydrogen-bond acceptors (Lipinski definition) is 2. The van der Waals surface area contributed by atoms with Crippen molar-refractivity contribution in [1.29, 1.82) is 0 Å². The molecule has 52 valence electrons. The van der Waals surface area contributed by atoms with Gasteiger partial charge in [0, 0.05) is 20.4 Å². The molecule has 3 heteroatoms. The summed E-state index contributed by atoms with van der Waals surface area (Å²) in [5.74, 6) is 0. The molecule has 0 heterocycles. The first-order chi connectivity index (χ1) is 3.06. The van der Waals surface area contributed by atoms with Crippen molar-refractivity contribution in [1.82, 2.24) is 0 Å². The first-order valence-electron chi connectivity index (χ1n) is 2.18. The molecule has 0 radical (unpaired) electrons.